The van der Waals surface area contributed by atoms with Gasteiger partial charge in [-0.15, -0.1) is 0 Å². The summed E-state index contributed by atoms with van der Waals surface area (Å²) in [6.45, 7) is 8.79. The van der Waals surface area contributed by atoms with Gasteiger partial charge >= 0.3 is 0 Å². The number of amides is 1. The highest BCUT2D eigenvalue weighted by molar-refractivity contribution is 5.79. The lowest BCUT2D eigenvalue weighted by Gasteiger charge is -2.37. The molecule has 0 atom stereocenters. The molecule has 3 aromatic heterocycles. The molecule has 164 valence electrons. The molecule has 5 heterocycles. The van der Waals surface area contributed by atoms with Gasteiger partial charge in [-0.1, -0.05) is 12.1 Å². The van der Waals surface area contributed by atoms with Crippen LogP contribution in [0.5, 0.6) is 0 Å². The molecule has 2 aliphatic rings. The molecule has 1 amide bonds. The number of imidazole rings is 1. The van der Waals surface area contributed by atoms with Gasteiger partial charge in [-0.05, 0) is 64.4 Å². The van der Waals surface area contributed by atoms with Crippen molar-refractivity contribution in [3.05, 3.63) is 30.2 Å². The van der Waals surface area contributed by atoms with Gasteiger partial charge in [0.25, 0.3) is 0 Å². The Kier molecular flexibility index (Phi) is 5.48. The van der Waals surface area contributed by atoms with Crippen molar-refractivity contribution in [2.24, 2.45) is 5.92 Å². The van der Waals surface area contributed by atoms with Crippen LogP contribution in [0.3, 0.4) is 0 Å². The molecule has 0 aromatic carbocycles. The second kappa shape index (κ2) is 8.42. The first-order valence-corrected chi connectivity index (χ1v) is 11.4. The molecule has 2 aliphatic heterocycles. The van der Waals surface area contributed by atoms with E-state index in [2.05, 4.69) is 31.4 Å². The number of fused-ring (bicyclic) bond motifs is 1. The Morgan fingerprint density at radius 2 is 1.94 bits per heavy atom. The zero-order valence-electron chi connectivity index (χ0n) is 18.3. The van der Waals surface area contributed by atoms with Crippen LogP contribution in [0.1, 0.15) is 44.4 Å². The highest BCUT2D eigenvalue weighted by Crippen LogP contribution is 2.33. The summed E-state index contributed by atoms with van der Waals surface area (Å²) in [5.41, 5.74) is 2.46. The lowest BCUT2D eigenvalue weighted by molar-refractivity contribution is -0.138. The fourth-order valence-corrected chi connectivity index (χ4v) is 5.03. The lowest BCUT2D eigenvalue weighted by atomic mass is 9.93. The average Bonchev–Trinajstić information content (AvgIpc) is 3.42. The zero-order valence-corrected chi connectivity index (χ0v) is 18.3. The highest BCUT2D eigenvalue weighted by atomic mass is 16.5. The molecule has 2 saturated heterocycles. The van der Waals surface area contributed by atoms with Crippen LogP contribution < -0.4 is 0 Å². The van der Waals surface area contributed by atoms with Crippen molar-refractivity contribution < 1.29 is 9.32 Å². The summed E-state index contributed by atoms with van der Waals surface area (Å²) in [4.78, 5) is 27.0. The van der Waals surface area contributed by atoms with E-state index in [4.69, 9.17) is 9.51 Å². The van der Waals surface area contributed by atoms with Crippen molar-refractivity contribution in [1.82, 2.24) is 29.5 Å². The SMILES string of the molecule is CCN1CCC(C(=O)N2CCC(n3c(-c4cc(C)on4)nc4cccnc43)CC2)CC1. The maximum absolute atomic E-state index is 13.1. The summed E-state index contributed by atoms with van der Waals surface area (Å²) in [6, 6.07) is 6.04. The first-order chi connectivity index (χ1) is 15.1. The van der Waals surface area contributed by atoms with Gasteiger partial charge in [-0.2, -0.15) is 0 Å². The van der Waals surface area contributed by atoms with Crippen molar-refractivity contribution in [2.45, 2.75) is 45.6 Å². The van der Waals surface area contributed by atoms with E-state index < -0.39 is 0 Å². The number of carbonyl (C=O) groups is 1. The van der Waals surface area contributed by atoms with Crippen LogP contribution in [0.4, 0.5) is 0 Å². The molecule has 8 nitrogen and oxygen atoms in total. The van der Waals surface area contributed by atoms with E-state index >= 15 is 0 Å². The second-order valence-electron chi connectivity index (χ2n) is 8.74. The van der Waals surface area contributed by atoms with Crippen molar-refractivity contribution in [3.63, 3.8) is 0 Å². The Bertz CT molecular complexity index is 1060. The third-order valence-corrected chi connectivity index (χ3v) is 6.83. The molecule has 0 saturated carbocycles. The summed E-state index contributed by atoms with van der Waals surface area (Å²) in [7, 11) is 0. The van der Waals surface area contributed by atoms with Gasteiger partial charge in [-0.25, -0.2) is 9.97 Å². The van der Waals surface area contributed by atoms with Gasteiger partial charge in [-0.3, -0.25) is 4.79 Å². The zero-order chi connectivity index (χ0) is 21.4. The van der Waals surface area contributed by atoms with Gasteiger partial charge in [0.2, 0.25) is 5.91 Å². The van der Waals surface area contributed by atoms with Crippen LogP contribution in [0.2, 0.25) is 0 Å². The lowest BCUT2D eigenvalue weighted by Crippen LogP contribution is -2.45. The Hall–Kier alpha value is -2.74. The van der Waals surface area contributed by atoms with Gasteiger partial charge in [0.05, 0.1) is 0 Å². The monoisotopic (exact) mass is 422 g/mol. The van der Waals surface area contributed by atoms with Crippen molar-refractivity contribution in [1.29, 1.82) is 0 Å². The van der Waals surface area contributed by atoms with Crippen LogP contribution in [-0.2, 0) is 4.79 Å². The Morgan fingerprint density at radius 1 is 1.16 bits per heavy atom. The van der Waals surface area contributed by atoms with Crippen molar-refractivity contribution in [3.8, 4) is 11.5 Å². The van der Waals surface area contributed by atoms with Gasteiger partial charge in [0, 0.05) is 37.3 Å². The number of hydrogen-bond donors (Lipinski definition) is 0. The summed E-state index contributed by atoms with van der Waals surface area (Å²) < 4.78 is 7.51. The quantitative estimate of drug-likeness (QED) is 0.642. The minimum absolute atomic E-state index is 0.184. The van der Waals surface area contributed by atoms with Gasteiger partial charge in [0.1, 0.15) is 17.0 Å². The van der Waals surface area contributed by atoms with E-state index in [0.717, 1.165) is 86.8 Å². The standard InChI is InChI=1S/C23H30N6O2/c1-3-27-11-6-17(7-12-27)23(30)28-13-8-18(9-14-28)29-21-19(5-4-10-24-21)25-22(29)20-15-16(2)31-26-20/h4-5,10,15,17-18H,3,6-9,11-14H2,1-2H3. The number of nitrogens with zero attached hydrogens (tertiary/aromatic N) is 6. The molecule has 31 heavy (non-hydrogen) atoms. The fourth-order valence-electron chi connectivity index (χ4n) is 5.03. The number of carbonyl (C=O) groups excluding carboxylic acids is 1. The molecule has 0 radical (unpaired) electrons. The van der Waals surface area contributed by atoms with E-state index in [9.17, 15) is 4.79 Å². The molecule has 0 bridgehead atoms. The predicted octanol–water partition coefficient (Wildman–Crippen LogP) is 3.29. The Morgan fingerprint density at radius 3 is 2.61 bits per heavy atom. The van der Waals surface area contributed by atoms with Gasteiger partial charge < -0.3 is 18.9 Å². The second-order valence-corrected chi connectivity index (χ2v) is 8.74. The largest absolute Gasteiger partial charge is 0.361 e. The third-order valence-electron chi connectivity index (χ3n) is 6.83. The number of likely N-dealkylation sites (tertiary alicyclic amines) is 2. The number of hydrogen-bond acceptors (Lipinski definition) is 6. The Labute approximate surface area is 182 Å². The van der Waals surface area contributed by atoms with Crippen LogP contribution in [0.15, 0.2) is 28.9 Å². The van der Waals surface area contributed by atoms with E-state index in [0.29, 0.717) is 5.91 Å². The van der Waals surface area contributed by atoms with E-state index in [1.165, 1.54) is 0 Å². The number of aryl methyl sites for hydroxylation is 1. The minimum atomic E-state index is 0.184. The molecular weight excluding hydrogens is 392 g/mol. The Balaban J connectivity index is 1.33. The topological polar surface area (TPSA) is 80.3 Å². The number of piperidine rings is 2. The molecule has 3 aromatic rings. The minimum Gasteiger partial charge on any atom is -0.361 e. The van der Waals surface area contributed by atoms with Crippen molar-refractivity contribution in [2.75, 3.05) is 32.7 Å². The smallest absolute Gasteiger partial charge is 0.225 e. The molecular formula is C23H30N6O2. The molecule has 5 rings (SSSR count). The normalized spacial score (nSPS) is 19.4. The first kappa shape index (κ1) is 20.2. The van der Waals surface area contributed by atoms with Crippen molar-refractivity contribution >= 4 is 17.1 Å². The molecule has 8 heteroatoms. The summed E-state index contributed by atoms with van der Waals surface area (Å²) in [5.74, 6) is 2.08. The summed E-state index contributed by atoms with van der Waals surface area (Å²) >= 11 is 0. The number of rotatable bonds is 4. The van der Waals surface area contributed by atoms with Crippen LogP contribution in [0.25, 0.3) is 22.7 Å². The van der Waals surface area contributed by atoms with E-state index in [1.54, 1.807) is 6.20 Å². The number of pyridine rings is 1. The molecule has 0 N–H and O–H groups in total. The average molecular weight is 423 g/mol. The summed E-state index contributed by atoms with van der Waals surface area (Å²) in [6.07, 6.45) is 5.56. The predicted molar refractivity (Wildman–Crippen MR) is 117 cm³/mol. The fraction of sp³-hybridized carbons (Fsp3) is 0.565. The van der Waals surface area contributed by atoms with E-state index in [-0.39, 0.29) is 12.0 Å². The highest BCUT2D eigenvalue weighted by Gasteiger charge is 2.32. The number of aromatic nitrogens is 4. The molecule has 0 unspecified atom stereocenters. The maximum Gasteiger partial charge on any atom is 0.225 e. The molecule has 0 spiro atoms. The van der Waals surface area contributed by atoms with Gasteiger partial charge in [0.15, 0.2) is 11.5 Å². The molecule has 2 fully saturated rings. The van der Waals surface area contributed by atoms with Crippen LogP contribution in [0, 0.1) is 12.8 Å². The van der Waals surface area contributed by atoms with Crippen LogP contribution >= 0.6 is 0 Å². The molecule has 0 aliphatic carbocycles. The first-order valence-electron chi connectivity index (χ1n) is 11.4. The van der Waals surface area contributed by atoms with Crippen LogP contribution in [-0.4, -0.2) is 68.1 Å². The maximum atomic E-state index is 13.1. The third kappa shape index (κ3) is 3.84. The summed E-state index contributed by atoms with van der Waals surface area (Å²) in [5, 5.41) is 4.20. The van der Waals surface area contributed by atoms with E-state index in [1.807, 2.05) is 25.1 Å².